The summed E-state index contributed by atoms with van der Waals surface area (Å²) in [4.78, 5) is 10.3. The van der Waals surface area contributed by atoms with E-state index in [2.05, 4.69) is 140 Å². The minimum atomic E-state index is 0.919. The van der Waals surface area contributed by atoms with E-state index in [-0.39, 0.29) is 0 Å². The van der Waals surface area contributed by atoms with Gasteiger partial charge in [-0.05, 0) is 62.0 Å². The summed E-state index contributed by atoms with van der Waals surface area (Å²) in [6, 6.07) is 49.4. The molecule has 2 heteroatoms. The van der Waals surface area contributed by atoms with Gasteiger partial charge in [-0.1, -0.05) is 121 Å². The molecule has 0 saturated carbocycles. The van der Waals surface area contributed by atoms with Gasteiger partial charge in [0, 0.05) is 22.5 Å². The van der Waals surface area contributed by atoms with E-state index in [4.69, 9.17) is 9.97 Å². The highest BCUT2D eigenvalue weighted by molar-refractivity contribution is 6.16. The predicted molar refractivity (Wildman–Crippen MR) is 168 cm³/mol. The Kier molecular flexibility index (Phi) is 5.17. The summed E-state index contributed by atoms with van der Waals surface area (Å²) in [5.41, 5.74) is 8.59. The molecule has 2 aromatic heterocycles. The molecule has 0 unspecified atom stereocenters. The van der Waals surface area contributed by atoms with Crippen LogP contribution in [0.15, 0.2) is 146 Å². The molecule has 6 aromatic carbocycles. The fraction of sp³-hybridized carbons (Fsp3) is 0. The highest BCUT2D eigenvalue weighted by atomic mass is 14.8. The van der Waals surface area contributed by atoms with Gasteiger partial charge in [-0.2, -0.15) is 0 Å². The lowest BCUT2D eigenvalue weighted by Gasteiger charge is -2.15. The van der Waals surface area contributed by atoms with E-state index < -0.39 is 0 Å². The van der Waals surface area contributed by atoms with Gasteiger partial charge in [0.15, 0.2) is 0 Å². The number of hydrogen-bond donors (Lipinski definition) is 0. The fourth-order valence-electron chi connectivity index (χ4n) is 6.03. The van der Waals surface area contributed by atoms with E-state index in [9.17, 15) is 0 Å². The molecule has 0 aliphatic rings. The van der Waals surface area contributed by atoms with Gasteiger partial charge in [0.05, 0.1) is 16.7 Å². The Morgan fingerprint density at radius 3 is 1.73 bits per heavy atom. The monoisotopic (exact) mass is 508 g/mol. The van der Waals surface area contributed by atoms with E-state index in [0.29, 0.717) is 0 Å². The number of benzene rings is 6. The third-order valence-electron chi connectivity index (χ3n) is 7.90. The van der Waals surface area contributed by atoms with E-state index in [1.165, 1.54) is 32.7 Å². The van der Waals surface area contributed by atoms with Crippen LogP contribution in [-0.4, -0.2) is 9.97 Å². The number of hydrogen-bond acceptors (Lipinski definition) is 2. The largest absolute Gasteiger partial charge is 0.254 e. The van der Waals surface area contributed by atoms with Crippen molar-refractivity contribution < 1.29 is 0 Å². The van der Waals surface area contributed by atoms with Crippen LogP contribution >= 0.6 is 0 Å². The minimum Gasteiger partial charge on any atom is -0.254 e. The molecule has 0 aliphatic carbocycles. The number of aromatic nitrogens is 2. The second kappa shape index (κ2) is 9.14. The Morgan fingerprint density at radius 1 is 0.375 bits per heavy atom. The van der Waals surface area contributed by atoms with E-state index >= 15 is 0 Å². The second-order valence-corrected chi connectivity index (χ2v) is 10.2. The van der Waals surface area contributed by atoms with E-state index in [0.717, 1.165) is 44.2 Å². The predicted octanol–water partition coefficient (Wildman–Crippen LogP) is 10.1. The van der Waals surface area contributed by atoms with Crippen molar-refractivity contribution in [2.75, 3.05) is 0 Å². The van der Waals surface area contributed by atoms with Gasteiger partial charge in [-0.15, -0.1) is 0 Å². The van der Waals surface area contributed by atoms with Crippen LogP contribution in [0.2, 0.25) is 0 Å². The van der Waals surface area contributed by atoms with Crippen LogP contribution < -0.4 is 0 Å². The molecule has 8 aromatic rings. The highest BCUT2D eigenvalue weighted by Crippen LogP contribution is 2.40. The molecular formula is C38H24N2. The minimum absolute atomic E-state index is 0.919. The van der Waals surface area contributed by atoms with Gasteiger partial charge < -0.3 is 0 Å². The molecule has 8 rings (SSSR count). The second-order valence-electron chi connectivity index (χ2n) is 10.2. The Balaban J connectivity index is 1.50. The summed E-state index contributed by atoms with van der Waals surface area (Å²) < 4.78 is 0. The van der Waals surface area contributed by atoms with Crippen LogP contribution in [0.5, 0.6) is 0 Å². The molecule has 0 N–H and O–H groups in total. The Morgan fingerprint density at radius 2 is 0.975 bits per heavy atom. The highest BCUT2D eigenvalue weighted by Gasteiger charge is 2.17. The van der Waals surface area contributed by atoms with Gasteiger partial charge in [-0.25, -0.2) is 4.98 Å². The Bertz CT molecular complexity index is 2200. The third kappa shape index (κ3) is 3.58. The van der Waals surface area contributed by atoms with Crippen molar-refractivity contribution in [3.8, 4) is 33.5 Å². The number of fused-ring (bicyclic) bond motifs is 6. The molecule has 0 amide bonds. The standard InChI is InChI=1S/C38H24N2/c1-3-11-25(12-4-1)29-21-22-39-37-32(29)19-20-33-34(26-13-5-2-6-14-26)24-36(40-38(33)37)35-23-27-15-7-8-16-28(27)30-17-9-10-18-31(30)35/h1-24H. The Labute approximate surface area is 232 Å². The van der Waals surface area contributed by atoms with Crippen molar-refractivity contribution >= 4 is 43.4 Å². The summed E-state index contributed by atoms with van der Waals surface area (Å²) in [6.45, 7) is 0. The van der Waals surface area contributed by atoms with Crippen LogP contribution in [0, 0.1) is 0 Å². The average molecular weight is 509 g/mol. The first-order valence-corrected chi connectivity index (χ1v) is 13.6. The van der Waals surface area contributed by atoms with Gasteiger partial charge in [-0.3, -0.25) is 4.98 Å². The SMILES string of the molecule is c1ccc(-c2ccnc3c2ccc2c(-c4ccccc4)cc(-c4cc5ccccc5c5ccccc45)nc23)cc1. The quantitative estimate of drug-likeness (QED) is 0.222. The zero-order valence-corrected chi connectivity index (χ0v) is 21.8. The smallest absolute Gasteiger partial charge is 0.0978 e. The fourth-order valence-corrected chi connectivity index (χ4v) is 6.03. The first-order valence-electron chi connectivity index (χ1n) is 13.6. The molecule has 2 nitrogen and oxygen atoms in total. The zero-order chi connectivity index (χ0) is 26.5. The molecule has 0 atom stereocenters. The average Bonchev–Trinajstić information content (AvgIpc) is 3.04. The maximum atomic E-state index is 5.39. The number of pyridine rings is 2. The van der Waals surface area contributed by atoms with Crippen molar-refractivity contribution in [3.05, 3.63) is 146 Å². The lowest BCUT2D eigenvalue weighted by atomic mass is 9.92. The van der Waals surface area contributed by atoms with Crippen LogP contribution in [0.25, 0.3) is 76.9 Å². The molecule has 0 saturated heterocycles. The van der Waals surface area contributed by atoms with Crippen molar-refractivity contribution in [2.45, 2.75) is 0 Å². The molecule has 0 fully saturated rings. The van der Waals surface area contributed by atoms with Gasteiger partial charge in [0.25, 0.3) is 0 Å². The normalized spacial score (nSPS) is 11.5. The molecule has 40 heavy (non-hydrogen) atoms. The molecule has 2 heterocycles. The van der Waals surface area contributed by atoms with Crippen molar-refractivity contribution in [3.63, 3.8) is 0 Å². The van der Waals surface area contributed by atoms with E-state index in [1.54, 1.807) is 0 Å². The first-order chi connectivity index (χ1) is 19.8. The molecule has 0 bridgehead atoms. The molecule has 0 aliphatic heterocycles. The van der Waals surface area contributed by atoms with Crippen molar-refractivity contribution in [1.82, 2.24) is 9.97 Å². The van der Waals surface area contributed by atoms with Gasteiger partial charge in [0.2, 0.25) is 0 Å². The van der Waals surface area contributed by atoms with Crippen molar-refractivity contribution in [1.29, 1.82) is 0 Å². The third-order valence-corrected chi connectivity index (χ3v) is 7.90. The molecule has 186 valence electrons. The van der Waals surface area contributed by atoms with Crippen LogP contribution in [0.4, 0.5) is 0 Å². The molecule has 0 spiro atoms. The lowest BCUT2D eigenvalue weighted by Crippen LogP contribution is -1.94. The number of rotatable bonds is 3. The maximum absolute atomic E-state index is 5.39. The van der Waals surface area contributed by atoms with E-state index in [1.807, 2.05) is 6.20 Å². The zero-order valence-electron chi connectivity index (χ0n) is 21.8. The summed E-state index contributed by atoms with van der Waals surface area (Å²) in [7, 11) is 0. The summed E-state index contributed by atoms with van der Waals surface area (Å²) in [5, 5.41) is 7.11. The summed E-state index contributed by atoms with van der Waals surface area (Å²) in [6.07, 6.45) is 1.91. The van der Waals surface area contributed by atoms with Crippen molar-refractivity contribution in [2.24, 2.45) is 0 Å². The Hall–Kier alpha value is -5.34. The first kappa shape index (κ1) is 22.6. The summed E-state index contributed by atoms with van der Waals surface area (Å²) >= 11 is 0. The lowest BCUT2D eigenvalue weighted by molar-refractivity contribution is 1.37. The maximum Gasteiger partial charge on any atom is 0.0978 e. The summed E-state index contributed by atoms with van der Waals surface area (Å²) in [5.74, 6) is 0. The number of nitrogens with zero attached hydrogens (tertiary/aromatic N) is 2. The van der Waals surface area contributed by atoms with Crippen LogP contribution in [0.1, 0.15) is 0 Å². The molecular weight excluding hydrogens is 484 g/mol. The van der Waals surface area contributed by atoms with Gasteiger partial charge in [0.1, 0.15) is 0 Å². The van der Waals surface area contributed by atoms with Gasteiger partial charge >= 0.3 is 0 Å². The van der Waals surface area contributed by atoms with Crippen LogP contribution in [-0.2, 0) is 0 Å². The topological polar surface area (TPSA) is 25.8 Å². The van der Waals surface area contributed by atoms with Crippen LogP contribution in [0.3, 0.4) is 0 Å². The molecule has 0 radical (unpaired) electrons.